The summed E-state index contributed by atoms with van der Waals surface area (Å²) in [5, 5.41) is 19.6. The van der Waals surface area contributed by atoms with Crippen LogP contribution in [0.5, 0.6) is 0 Å². The zero-order chi connectivity index (χ0) is 17.8. The van der Waals surface area contributed by atoms with Crippen molar-refractivity contribution in [3.63, 3.8) is 0 Å². The van der Waals surface area contributed by atoms with Gasteiger partial charge in [0.25, 0.3) is 0 Å². The molecule has 0 aliphatic carbocycles. The zero-order valence-electron chi connectivity index (χ0n) is 12.7. The number of carboxylic acids is 2. The summed E-state index contributed by atoms with van der Waals surface area (Å²) in [4.78, 5) is 24.1. The highest BCUT2D eigenvalue weighted by molar-refractivity contribution is 9.13. The summed E-state index contributed by atoms with van der Waals surface area (Å²) >= 11 is 6.48. The van der Waals surface area contributed by atoms with Crippen LogP contribution in [0.1, 0.15) is 11.1 Å². The molecule has 0 fully saturated rings. The van der Waals surface area contributed by atoms with Crippen LogP contribution in [0.2, 0.25) is 0 Å². The lowest BCUT2D eigenvalue weighted by molar-refractivity contribution is -0.148. The molecule has 0 saturated carbocycles. The Morgan fingerprint density at radius 1 is 0.708 bits per heavy atom. The normalized spacial score (nSPS) is 15.9. The molecule has 0 saturated heterocycles. The summed E-state index contributed by atoms with van der Waals surface area (Å²) < 4.78 is -3.44. The van der Waals surface area contributed by atoms with Crippen LogP contribution in [0.3, 0.4) is 0 Å². The zero-order valence-corrected chi connectivity index (χ0v) is 15.8. The van der Waals surface area contributed by atoms with E-state index < -0.39 is 20.6 Å². The van der Waals surface area contributed by atoms with Crippen molar-refractivity contribution >= 4 is 43.8 Å². The second-order valence-electron chi connectivity index (χ2n) is 5.54. The minimum absolute atomic E-state index is 0.0214. The van der Waals surface area contributed by atoms with Gasteiger partial charge in [-0.25, -0.2) is 0 Å². The minimum Gasteiger partial charge on any atom is -0.480 e. The molecule has 2 N–H and O–H groups in total. The van der Waals surface area contributed by atoms with Crippen LogP contribution in [0.25, 0.3) is 0 Å². The Bertz CT molecular complexity index is 657. The van der Waals surface area contributed by atoms with E-state index in [0.29, 0.717) is 0 Å². The smallest absolute Gasteiger partial charge is 0.322 e. The number of carboxylic acid groups (broad SMARTS) is 2. The lowest BCUT2D eigenvalue weighted by atomic mass is 9.82. The van der Waals surface area contributed by atoms with E-state index >= 15 is 0 Å². The highest BCUT2D eigenvalue weighted by Gasteiger charge is 2.59. The van der Waals surface area contributed by atoms with E-state index in [4.69, 9.17) is 0 Å². The first-order valence-corrected chi connectivity index (χ1v) is 8.81. The largest absolute Gasteiger partial charge is 0.480 e. The number of rotatable bonds is 7. The molecule has 0 bridgehead atoms. The van der Waals surface area contributed by atoms with Gasteiger partial charge in [0.15, 0.2) is 8.65 Å². The van der Waals surface area contributed by atoms with Gasteiger partial charge in [0.2, 0.25) is 0 Å². The van der Waals surface area contributed by atoms with Gasteiger partial charge in [-0.2, -0.15) is 0 Å². The molecule has 2 aromatic rings. The van der Waals surface area contributed by atoms with E-state index in [1.165, 1.54) is 0 Å². The molecule has 0 heterocycles. The predicted octanol–water partition coefficient (Wildman–Crippen LogP) is 3.91. The lowest BCUT2D eigenvalue weighted by Gasteiger charge is -2.37. The fourth-order valence-corrected chi connectivity index (χ4v) is 3.79. The van der Waals surface area contributed by atoms with E-state index in [1.54, 1.807) is 48.5 Å². The molecule has 126 valence electrons. The molecule has 2 aromatic carbocycles. The van der Waals surface area contributed by atoms with Crippen molar-refractivity contribution in [3.05, 3.63) is 71.8 Å². The maximum atomic E-state index is 12.0. The molecule has 2 unspecified atom stereocenters. The number of hydrogen-bond donors (Lipinski definition) is 2. The Morgan fingerprint density at radius 3 is 1.25 bits per heavy atom. The second-order valence-corrected chi connectivity index (χ2v) is 8.24. The highest BCUT2D eigenvalue weighted by Crippen LogP contribution is 2.44. The average molecular weight is 456 g/mol. The number of aliphatic carboxylic acids is 2. The van der Waals surface area contributed by atoms with Gasteiger partial charge in [0, 0.05) is 12.8 Å². The Kier molecular flexibility index (Phi) is 5.83. The van der Waals surface area contributed by atoms with Crippen molar-refractivity contribution in [1.29, 1.82) is 0 Å². The number of carbonyl (C=O) groups is 2. The standard InChI is InChI=1S/C18H16Br2O4/c19-17(15(21)22,11-13-7-3-1-4-8-13)18(20,16(23)24)12-14-9-5-2-6-10-14/h1-10H,11-12H2,(H,21,22)(H,23,24). The Labute approximate surface area is 156 Å². The van der Waals surface area contributed by atoms with Crippen molar-refractivity contribution < 1.29 is 19.8 Å². The van der Waals surface area contributed by atoms with Crippen LogP contribution in [0, 0.1) is 0 Å². The molecule has 0 spiro atoms. The maximum Gasteiger partial charge on any atom is 0.322 e. The number of benzene rings is 2. The molecule has 2 rings (SSSR count). The summed E-state index contributed by atoms with van der Waals surface area (Å²) in [7, 11) is 0. The van der Waals surface area contributed by atoms with Gasteiger partial charge in [-0.3, -0.25) is 9.59 Å². The Morgan fingerprint density at radius 2 is 1.00 bits per heavy atom. The van der Waals surface area contributed by atoms with Crippen LogP contribution in [-0.4, -0.2) is 30.8 Å². The van der Waals surface area contributed by atoms with Gasteiger partial charge < -0.3 is 10.2 Å². The third-order valence-electron chi connectivity index (χ3n) is 3.89. The first kappa shape index (κ1) is 18.7. The van der Waals surface area contributed by atoms with Gasteiger partial charge in [0.1, 0.15) is 0 Å². The average Bonchev–Trinajstić information content (AvgIpc) is 2.56. The number of alkyl halides is 2. The van der Waals surface area contributed by atoms with Gasteiger partial charge in [-0.1, -0.05) is 92.5 Å². The van der Waals surface area contributed by atoms with Crippen molar-refractivity contribution in [2.75, 3.05) is 0 Å². The first-order chi connectivity index (χ1) is 11.3. The molecule has 2 atom stereocenters. The Hall–Kier alpha value is -1.66. The van der Waals surface area contributed by atoms with E-state index in [2.05, 4.69) is 31.9 Å². The first-order valence-electron chi connectivity index (χ1n) is 7.22. The molecule has 24 heavy (non-hydrogen) atoms. The third-order valence-corrected chi connectivity index (χ3v) is 7.01. The van der Waals surface area contributed by atoms with Crippen LogP contribution in [0.4, 0.5) is 0 Å². The predicted molar refractivity (Wildman–Crippen MR) is 98.9 cm³/mol. The summed E-state index contributed by atoms with van der Waals surface area (Å²) in [6.45, 7) is 0. The summed E-state index contributed by atoms with van der Waals surface area (Å²) in [5.41, 5.74) is 1.46. The molecular formula is C18H16Br2O4. The minimum atomic E-state index is -1.72. The van der Waals surface area contributed by atoms with Crippen LogP contribution >= 0.6 is 31.9 Å². The van der Waals surface area contributed by atoms with E-state index in [9.17, 15) is 19.8 Å². The van der Waals surface area contributed by atoms with Crippen molar-refractivity contribution in [2.24, 2.45) is 0 Å². The summed E-state index contributed by atoms with van der Waals surface area (Å²) in [6.07, 6.45) is 0.0428. The van der Waals surface area contributed by atoms with E-state index in [1.807, 2.05) is 12.1 Å². The van der Waals surface area contributed by atoms with Gasteiger partial charge in [-0.15, -0.1) is 0 Å². The SMILES string of the molecule is O=C(O)C(Br)(Cc1ccccc1)C(Br)(Cc1ccccc1)C(=O)O. The van der Waals surface area contributed by atoms with Crippen LogP contribution in [-0.2, 0) is 22.4 Å². The van der Waals surface area contributed by atoms with Gasteiger partial charge in [0.05, 0.1) is 0 Å². The fourth-order valence-electron chi connectivity index (χ4n) is 2.52. The van der Waals surface area contributed by atoms with Gasteiger partial charge >= 0.3 is 11.9 Å². The second kappa shape index (κ2) is 7.49. The highest BCUT2D eigenvalue weighted by atomic mass is 79.9. The third kappa shape index (κ3) is 3.70. The summed E-state index contributed by atoms with van der Waals surface area (Å²) in [5.74, 6) is -2.47. The monoisotopic (exact) mass is 454 g/mol. The molecule has 6 heteroatoms. The molecule has 0 amide bonds. The van der Waals surface area contributed by atoms with Crippen molar-refractivity contribution in [2.45, 2.75) is 21.5 Å². The van der Waals surface area contributed by atoms with Crippen molar-refractivity contribution in [1.82, 2.24) is 0 Å². The maximum absolute atomic E-state index is 12.0. The Balaban J connectivity index is 2.47. The van der Waals surface area contributed by atoms with E-state index in [0.717, 1.165) is 11.1 Å². The topological polar surface area (TPSA) is 74.6 Å². The lowest BCUT2D eigenvalue weighted by Crippen LogP contribution is -2.58. The van der Waals surface area contributed by atoms with Gasteiger partial charge in [-0.05, 0) is 11.1 Å². The fraction of sp³-hybridized carbons (Fsp3) is 0.222. The number of hydrogen-bond acceptors (Lipinski definition) is 2. The number of halogens is 2. The van der Waals surface area contributed by atoms with Crippen LogP contribution < -0.4 is 0 Å². The molecule has 4 nitrogen and oxygen atoms in total. The molecule has 0 aliphatic heterocycles. The van der Waals surface area contributed by atoms with E-state index in [-0.39, 0.29) is 12.8 Å². The van der Waals surface area contributed by atoms with Crippen LogP contribution in [0.15, 0.2) is 60.7 Å². The summed E-state index contributed by atoms with van der Waals surface area (Å²) in [6, 6.07) is 17.9. The molecule has 0 aliphatic rings. The van der Waals surface area contributed by atoms with Crippen molar-refractivity contribution in [3.8, 4) is 0 Å². The molecule has 0 aromatic heterocycles. The quantitative estimate of drug-likeness (QED) is 0.620. The molecule has 0 radical (unpaired) electrons. The molecular weight excluding hydrogens is 440 g/mol.